The zero-order chi connectivity index (χ0) is 26.2. The molecule has 194 valence electrons. The number of nitrogens with zero attached hydrogens (tertiary/aromatic N) is 1. The molecule has 1 saturated heterocycles. The van der Waals surface area contributed by atoms with Crippen molar-refractivity contribution >= 4 is 17.4 Å². The number of aromatic amines is 1. The number of aromatic nitrogens is 2. The molecule has 0 aliphatic carbocycles. The van der Waals surface area contributed by atoms with Gasteiger partial charge in [-0.15, -0.1) is 0 Å². The molecule has 0 amide bonds. The van der Waals surface area contributed by atoms with Crippen LogP contribution in [0, 0.1) is 13.8 Å². The van der Waals surface area contributed by atoms with Crippen molar-refractivity contribution in [1.82, 2.24) is 9.55 Å². The number of aryl methyl sites for hydroxylation is 2. The van der Waals surface area contributed by atoms with Crippen LogP contribution in [0.5, 0.6) is 0 Å². The molecule has 14 heteroatoms. The molecule has 0 bridgehead atoms. The van der Waals surface area contributed by atoms with Gasteiger partial charge in [0.25, 0.3) is 5.56 Å². The lowest BCUT2D eigenvalue weighted by Crippen LogP contribution is -2.44. The summed E-state index contributed by atoms with van der Waals surface area (Å²) in [6.07, 6.45) is -3.48. The first-order valence-electron chi connectivity index (χ1n) is 10.8. The largest absolute Gasteiger partial charge is 0.402 e. The predicted octanol–water partition coefficient (Wildman–Crippen LogP) is 3.14. The summed E-state index contributed by atoms with van der Waals surface area (Å²) in [4.78, 5) is 25.9. The standard InChI is InChI=1S/C21H27F2N2O8PS/c1-5-31-34(28,32-6-2)21(22,23)18-16(35(29,30)15-9-7-13(3)8-10-15)11-17(33-18)25-12-14(4)19(26)24-20(25)27/h7-10,12,16-18H,5-6,11H2,1-4H3,(H,24,26,27)/t16-,17-,18-/m0/s1. The highest BCUT2D eigenvalue weighted by Gasteiger charge is 2.66. The van der Waals surface area contributed by atoms with E-state index in [0.717, 1.165) is 16.3 Å². The lowest BCUT2D eigenvalue weighted by atomic mass is 10.2. The smallest absolute Gasteiger partial charge is 0.346 e. The fourth-order valence-corrected chi connectivity index (χ4v) is 7.41. The van der Waals surface area contributed by atoms with Crippen molar-refractivity contribution in [3.05, 3.63) is 62.4 Å². The number of rotatable bonds is 9. The van der Waals surface area contributed by atoms with Gasteiger partial charge < -0.3 is 13.8 Å². The molecule has 35 heavy (non-hydrogen) atoms. The highest BCUT2D eigenvalue weighted by Crippen LogP contribution is 2.66. The topological polar surface area (TPSA) is 134 Å². The quantitative estimate of drug-likeness (QED) is 0.483. The molecule has 10 nitrogen and oxygen atoms in total. The summed E-state index contributed by atoms with van der Waals surface area (Å²) in [5.74, 6) is 0. The van der Waals surface area contributed by atoms with Gasteiger partial charge in [0.2, 0.25) is 0 Å². The lowest BCUT2D eigenvalue weighted by Gasteiger charge is -2.32. The molecular formula is C21H27F2N2O8PS. The normalized spacial score (nSPS) is 21.4. The van der Waals surface area contributed by atoms with Gasteiger partial charge in [-0.1, -0.05) is 17.7 Å². The van der Waals surface area contributed by atoms with Crippen LogP contribution in [-0.4, -0.2) is 48.2 Å². The third-order valence-corrected chi connectivity index (χ3v) is 9.93. The zero-order valence-electron chi connectivity index (χ0n) is 19.6. The molecular weight excluding hydrogens is 509 g/mol. The molecule has 3 atom stereocenters. The maximum Gasteiger partial charge on any atom is 0.402 e. The molecule has 0 radical (unpaired) electrons. The van der Waals surface area contributed by atoms with Gasteiger partial charge in [-0.05, 0) is 39.8 Å². The fourth-order valence-electron chi connectivity index (χ4n) is 3.82. The van der Waals surface area contributed by atoms with E-state index in [4.69, 9.17) is 13.8 Å². The number of alkyl halides is 2. The van der Waals surface area contributed by atoms with Crippen molar-refractivity contribution in [1.29, 1.82) is 0 Å². The molecule has 2 heterocycles. The van der Waals surface area contributed by atoms with Crippen LogP contribution in [0.15, 0.2) is 44.9 Å². The Labute approximate surface area is 200 Å². The first-order chi connectivity index (χ1) is 16.3. The molecule has 1 aliphatic rings. The minimum Gasteiger partial charge on any atom is -0.346 e. The van der Waals surface area contributed by atoms with Crippen LogP contribution in [0.3, 0.4) is 0 Å². The van der Waals surface area contributed by atoms with E-state index >= 15 is 8.78 Å². The highest BCUT2D eigenvalue weighted by molar-refractivity contribution is 7.92. The van der Waals surface area contributed by atoms with Crippen molar-refractivity contribution in [2.75, 3.05) is 13.2 Å². The molecule has 1 N–H and O–H groups in total. The third-order valence-electron chi connectivity index (χ3n) is 5.59. The molecule has 1 aliphatic heterocycles. The van der Waals surface area contributed by atoms with Gasteiger partial charge in [-0.2, -0.15) is 8.78 Å². The van der Waals surface area contributed by atoms with Crippen LogP contribution in [0.25, 0.3) is 0 Å². The van der Waals surface area contributed by atoms with Crippen molar-refractivity contribution < 1.29 is 35.5 Å². The monoisotopic (exact) mass is 536 g/mol. The average molecular weight is 536 g/mol. The van der Waals surface area contributed by atoms with Gasteiger partial charge in [0.05, 0.1) is 18.1 Å². The van der Waals surface area contributed by atoms with Gasteiger partial charge in [0, 0.05) is 18.2 Å². The van der Waals surface area contributed by atoms with Gasteiger partial charge in [-0.3, -0.25) is 18.9 Å². The molecule has 3 rings (SSSR count). The maximum absolute atomic E-state index is 15.8. The van der Waals surface area contributed by atoms with Crippen LogP contribution < -0.4 is 11.2 Å². The Morgan fingerprint density at radius 3 is 2.26 bits per heavy atom. The summed E-state index contributed by atoms with van der Waals surface area (Å²) in [6.45, 7) is 5.00. The first kappa shape index (κ1) is 27.4. The minimum absolute atomic E-state index is 0.0793. The second-order valence-corrected chi connectivity index (χ2v) is 12.3. The van der Waals surface area contributed by atoms with E-state index < -0.39 is 71.6 Å². The van der Waals surface area contributed by atoms with Crippen LogP contribution in [-0.2, 0) is 28.2 Å². The summed E-state index contributed by atoms with van der Waals surface area (Å²) >= 11 is 0. The average Bonchev–Trinajstić information content (AvgIpc) is 3.24. The Morgan fingerprint density at radius 1 is 1.14 bits per heavy atom. The van der Waals surface area contributed by atoms with Crippen molar-refractivity contribution in [3.63, 3.8) is 0 Å². The second kappa shape index (κ2) is 10.1. The van der Waals surface area contributed by atoms with E-state index in [1.165, 1.54) is 45.0 Å². The fraction of sp³-hybridized carbons (Fsp3) is 0.524. The Balaban J connectivity index is 2.17. The van der Waals surface area contributed by atoms with Gasteiger partial charge in [0.15, 0.2) is 15.9 Å². The van der Waals surface area contributed by atoms with E-state index in [0.29, 0.717) is 0 Å². The van der Waals surface area contributed by atoms with E-state index in [-0.39, 0.29) is 10.5 Å². The van der Waals surface area contributed by atoms with Gasteiger partial charge in [-0.25, -0.2) is 13.2 Å². The Kier molecular flexibility index (Phi) is 7.88. The molecule has 0 spiro atoms. The van der Waals surface area contributed by atoms with Crippen LogP contribution in [0.4, 0.5) is 8.78 Å². The summed E-state index contributed by atoms with van der Waals surface area (Å²) in [6, 6.07) is 5.56. The summed E-state index contributed by atoms with van der Waals surface area (Å²) in [5, 5.41) is -1.92. The number of hydrogen-bond acceptors (Lipinski definition) is 8. The van der Waals surface area contributed by atoms with E-state index in [1.54, 1.807) is 6.92 Å². The van der Waals surface area contributed by atoms with Crippen molar-refractivity contribution in [2.45, 2.75) is 62.3 Å². The number of H-pyrrole nitrogens is 1. The number of halogens is 2. The molecule has 1 aromatic heterocycles. The maximum atomic E-state index is 15.8. The third kappa shape index (κ3) is 5.05. The first-order valence-corrected chi connectivity index (χ1v) is 13.9. The number of benzene rings is 1. The van der Waals surface area contributed by atoms with Gasteiger partial charge in [0.1, 0.15) is 11.5 Å². The Hall–Kier alpha value is -2.18. The number of ether oxygens (including phenoxy) is 1. The molecule has 0 saturated carbocycles. The SMILES string of the molecule is CCOP(=O)(OCC)C(F)(F)[C@H]1O[C@H](n2cc(C)c(=O)[nH]c2=O)C[C@@H]1S(=O)(=O)c1ccc(C)cc1. The van der Waals surface area contributed by atoms with E-state index in [9.17, 15) is 22.6 Å². The van der Waals surface area contributed by atoms with E-state index in [1.807, 2.05) is 4.98 Å². The second-order valence-electron chi connectivity index (χ2n) is 8.04. The molecule has 2 aromatic rings. The predicted molar refractivity (Wildman–Crippen MR) is 123 cm³/mol. The highest BCUT2D eigenvalue weighted by atomic mass is 32.2. The zero-order valence-corrected chi connectivity index (χ0v) is 21.3. The molecule has 1 aromatic carbocycles. The van der Waals surface area contributed by atoms with Crippen LogP contribution in [0.2, 0.25) is 0 Å². The number of hydrogen-bond donors (Lipinski definition) is 1. The lowest BCUT2D eigenvalue weighted by molar-refractivity contribution is -0.110. The molecule has 0 unspecified atom stereocenters. The summed E-state index contributed by atoms with van der Waals surface area (Å²) < 4.78 is 87.6. The molecule has 1 fully saturated rings. The van der Waals surface area contributed by atoms with Crippen molar-refractivity contribution in [2.24, 2.45) is 0 Å². The minimum atomic E-state index is -5.19. The van der Waals surface area contributed by atoms with Crippen molar-refractivity contribution in [3.8, 4) is 0 Å². The number of sulfone groups is 1. The Morgan fingerprint density at radius 2 is 1.71 bits per heavy atom. The summed E-state index contributed by atoms with van der Waals surface area (Å²) in [7, 11) is -9.67. The number of nitrogens with one attached hydrogen (secondary N) is 1. The van der Waals surface area contributed by atoms with E-state index in [2.05, 4.69) is 0 Å². The van der Waals surface area contributed by atoms with Gasteiger partial charge >= 0.3 is 18.9 Å². The van der Waals surface area contributed by atoms with Crippen LogP contribution in [0.1, 0.15) is 37.6 Å². The summed E-state index contributed by atoms with van der Waals surface area (Å²) in [5.41, 5.74) is -5.22. The van der Waals surface area contributed by atoms with Crippen LogP contribution >= 0.6 is 7.60 Å². The Bertz CT molecular complexity index is 1330.